The molecule has 0 saturated heterocycles. The van der Waals surface area contributed by atoms with E-state index in [-0.39, 0.29) is 5.02 Å². The molecular formula is C23H16ClFNO2P. The van der Waals surface area contributed by atoms with Gasteiger partial charge in [-0.3, -0.25) is 4.57 Å². The van der Waals surface area contributed by atoms with E-state index in [1.807, 2.05) is 54.6 Å². The lowest BCUT2D eigenvalue weighted by atomic mass is 10.1. The molecule has 29 heavy (non-hydrogen) atoms. The van der Waals surface area contributed by atoms with Crippen LogP contribution in [0.2, 0.25) is 5.02 Å². The van der Waals surface area contributed by atoms with Crippen molar-refractivity contribution in [2.24, 2.45) is 0 Å². The van der Waals surface area contributed by atoms with Crippen LogP contribution in [-0.2, 0) is 4.57 Å². The summed E-state index contributed by atoms with van der Waals surface area (Å²) in [6, 6.07) is 25.3. The van der Waals surface area contributed by atoms with Gasteiger partial charge in [0.1, 0.15) is 17.3 Å². The van der Waals surface area contributed by atoms with Crippen molar-refractivity contribution in [2.45, 2.75) is 5.78 Å². The van der Waals surface area contributed by atoms with Crippen LogP contribution in [0.3, 0.4) is 0 Å². The molecule has 0 spiro atoms. The van der Waals surface area contributed by atoms with Gasteiger partial charge >= 0.3 is 7.37 Å². The van der Waals surface area contributed by atoms with Crippen LogP contribution in [0.1, 0.15) is 11.3 Å². The number of nitrogens with one attached hydrogen (secondary N) is 1. The number of hydrogen-bond donors (Lipinski definition) is 1. The van der Waals surface area contributed by atoms with Crippen molar-refractivity contribution in [3.05, 3.63) is 101 Å². The number of rotatable bonds is 3. The van der Waals surface area contributed by atoms with E-state index >= 15 is 0 Å². The predicted octanol–water partition coefficient (Wildman–Crippen LogP) is 6.74. The molecule has 0 radical (unpaired) electrons. The number of hydrogen-bond acceptors (Lipinski definition) is 3. The number of halogens is 2. The Balaban J connectivity index is 1.69. The molecule has 0 amide bonds. The zero-order valence-corrected chi connectivity index (χ0v) is 16.8. The van der Waals surface area contributed by atoms with Gasteiger partial charge in [0.2, 0.25) is 0 Å². The van der Waals surface area contributed by atoms with Crippen molar-refractivity contribution in [2.75, 3.05) is 5.32 Å². The molecule has 0 saturated carbocycles. The van der Waals surface area contributed by atoms with Crippen LogP contribution in [-0.4, -0.2) is 0 Å². The Hall–Kier alpha value is -2.81. The molecule has 4 aromatic rings. The Bertz CT molecular complexity index is 1280. The van der Waals surface area contributed by atoms with E-state index in [1.54, 1.807) is 18.2 Å². The van der Waals surface area contributed by atoms with E-state index in [1.165, 1.54) is 12.1 Å². The van der Waals surface area contributed by atoms with E-state index < -0.39 is 19.0 Å². The van der Waals surface area contributed by atoms with Crippen molar-refractivity contribution in [3.8, 4) is 5.75 Å². The van der Waals surface area contributed by atoms with Gasteiger partial charge in [-0.2, -0.15) is 0 Å². The van der Waals surface area contributed by atoms with E-state index in [2.05, 4.69) is 5.32 Å². The van der Waals surface area contributed by atoms with Crippen molar-refractivity contribution in [1.82, 2.24) is 0 Å². The molecule has 3 nitrogen and oxygen atoms in total. The van der Waals surface area contributed by atoms with E-state index in [4.69, 9.17) is 16.1 Å². The third kappa shape index (κ3) is 3.00. The fraction of sp³-hybridized carbons (Fsp3) is 0.0435. The zero-order chi connectivity index (χ0) is 20.0. The lowest BCUT2D eigenvalue weighted by Gasteiger charge is -2.22. The summed E-state index contributed by atoms with van der Waals surface area (Å²) in [6.45, 7) is 0. The minimum absolute atomic E-state index is 0.00203. The van der Waals surface area contributed by atoms with Crippen LogP contribution in [0.5, 0.6) is 5.75 Å². The Morgan fingerprint density at radius 3 is 2.48 bits per heavy atom. The van der Waals surface area contributed by atoms with Crippen LogP contribution in [0.4, 0.5) is 10.1 Å². The maximum Gasteiger partial charge on any atom is 0.303 e. The molecule has 1 aliphatic rings. The second-order valence-electron chi connectivity index (χ2n) is 6.90. The minimum Gasteiger partial charge on any atom is -0.437 e. The van der Waals surface area contributed by atoms with Crippen molar-refractivity contribution < 1.29 is 13.5 Å². The van der Waals surface area contributed by atoms with Gasteiger partial charge in [0.15, 0.2) is 0 Å². The average molecular weight is 424 g/mol. The van der Waals surface area contributed by atoms with Crippen LogP contribution < -0.4 is 15.1 Å². The molecule has 0 bridgehead atoms. The second kappa shape index (κ2) is 6.91. The number of benzene rings is 4. The summed E-state index contributed by atoms with van der Waals surface area (Å²) < 4.78 is 34.0. The molecule has 4 aromatic carbocycles. The van der Waals surface area contributed by atoms with Crippen molar-refractivity contribution >= 4 is 40.7 Å². The highest BCUT2D eigenvalue weighted by Gasteiger charge is 2.46. The molecule has 1 N–H and O–H groups in total. The summed E-state index contributed by atoms with van der Waals surface area (Å²) in [4.78, 5) is 0. The van der Waals surface area contributed by atoms with Crippen LogP contribution in [0.25, 0.3) is 10.8 Å². The fourth-order valence-corrected chi connectivity index (χ4v) is 6.33. The van der Waals surface area contributed by atoms with Crippen LogP contribution in [0.15, 0.2) is 84.9 Å². The summed E-state index contributed by atoms with van der Waals surface area (Å²) in [7, 11) is -3.36. The zero-order valence-electron chi connectivity index (χ0n) is 15.2. The lowest BCUT2D eigenvalue weighted by molar-refractivity contribution is 0.503. The van der Waals surface area contributed by atoms with Gasteiger partial charge in [0, 0.05) is 16.6 Å². The molecule has 5 rings (SSSR count). The molecular weight excluding hydrogens is 408 g/mol. The van der Waals surface area contributed by atoms with Gasteiger partial charge in [-0.25, -0.2) is 4.39 Å². The highest BCUT2D eigenvalue weighted by molar-refractivity contribution is 7.68. The first-order valence-electron chi connectivity index (χ1n) is 9.14. The number of anilines is 1. The fourth-order valence-electron chi connectivity index (χ4n) is 3.69. The molecule has 1 aliphatic heterocycles. The molecule has 1 heterocycles. The Kier molecular flexibility index (Phi) is 4.34. The first-order valence-corrected chi connectivity index (χ1v) is 11.2. The Labute approximate surface area is 172 Å². The summed E-state index contributed by atoms with van der Waals surface area (Å²) in [5, 5.41) is 5.81. The predicted molar refractivity (Wildman–Crippen MR) is 116 cm³/mol. The summed E-state index contributed by atoms with van der Waals surface area (Å²) in [5.41, 5.74) is 1.37. The third-order valence-electron chi connectivity index (χ3n) is 5.11. The minimum atomic E-state index is -3.36. The SMILES string of the molecule is O=P1(c2ccccc2)Oc2c(ccc3ccccc23)[C@H]1Nc1ccc(F)c(Cl)c1. The summed E-state index contributed by atoms with van der Waals surface area (Å²) in [6.07, 6.45) is 0. The maximum atomic E-state index is 14.2. The molecule has 2 atom stereocenters. The summed E-state index contributed by atoms with van der Waals surface area (Å²) >= 11 is 5.95. The molecule has 6 heteroatoms. The topological polar surface area (TPSA) is 38.3 Å². The van der Waals surface area contributed by atoms with Gasteiger partial charge < -0.3 is 9.84 Å². The van der Waals surface area contributed by atoms with Gasteiger partial charge in [-0.15, -0.1) is 0 Å². The van der Waals surface area contributed by atoms with Gasteiger partial charge in [0.25, 0.3) is 0 Å². The first kappa shape index (κ1) is 18.2. The van der Waals surface area contributed by atoms with Crippen molar-refractivity contribution in [1.29, 1.82) is 0 Å². The Morgan fingerprint density at radius 1 is 0.931 bits per heavy atom. The van der Waals surface area contributed by atoms with Crippen LogP contribution in [0, 0.1) is 5.82 Å². The van der Waals surface area contributed by atoms with Gasteiger partial charge in [0.05, 0.1) is 10.3 Å². The number of fused-ring (bicyclic) bond motifs is 3. The molecule has 0 fully saturated rings. The smallest absolute Gasteiger partial charge is 0.303 e. The molecule has 144 valence electrons. The van der Waals surface area contributed by atoms with E-state index in [0.29, 0.717) is 16.7 Å². The maximum absolute atomic E-state index is 14.2. The lowest BCUT2D eigenvalue weighted by Crippen LogP contribution is -2.16. The first-order chi connectivity index (χ1) is 14.1. The highest BCUT2D eigenvalue weighted by Crippen LogP contribution is 2.66. The Morgan fingerprint density at radius 2 is 1.69 bits per heavy atom. The largest absolute Gasteiger partial charge is 0.437 e. The summed E-state index contributed by atoms with van der Waals surface area (Å²) in [5.74, 6) is -0.510. The molecule has 0 aromatic heterocycles. The highest BCUT2D eigenvalue weighted by atomic mass is 35.5. The van der Waals surface area contributed by atoms with Gasteiger partial charge in [-0.05, 0) is 35.7 Å². The molecule has 1 unspecified atom stereocenters. The van der Waals surface area contributed by atoms with Gasteiger partial charge in [-0.1, -0.05) is 66.2 Å². The molecule has 0 aliphatic carbocycles. The third-order valence-corrected chi connectivity index (χ3v) is 7.96. The second-order valence-corrected chi connectivity index (χ2v) is 9.72. The van der Waals surface area contributed by atoms with Crippen LogP contribution >= 0.6 is 19.0 Å². The standard InChI is InChI=1S/C23H16ClFNO2P/c24-20-14-16(11-13-21(20)25)26-23-19-12-10-15-6-4-5-9-18(15)22(19)28-29(23,27)17-7-2-1-3-8-17/h1-14,23,26H/t23-,29?/m0/s1. The monoisotopic (exact) mass is 423 g/mol. The van der Waals surface area contributed by atoms with Crippen molar-refractivity contribution in [3.63, 3.8) is 0 Å². The van der Waals surface area contributed by atoms with E-state index in [9.17, 15) is 8.96 Å². The average Bonchev–Trinajstić information content (AvgIpc) is 3.04. The quantitative estimate of drug-likeness (QED) is 0.371. The van der Waals surface area contributed by atoms with E-state index in [0.717, 1.165) is 16.3 Å². The normalized spacial score (nSPS) is 20.3.